The van der Waals surface area contributed by atoms with Gasteiger partial charge < -0.3 is 10.0 Å². The highest BCUT2D eigenvalue weighted by molar-refractivity contribution is 8.82. The maximum atomic E-state index is 11.7. The summed E-state index contributed by atoms with van der Waals surface area (Å²) in [5.74, 6) is -0.893. The average molecular weight is 249 g/mol. The van der Waals surface area contributed by atoms with Crippen LogP contribution in [0.25, 0.3) is 0 Å². The minimum Gasteiger partial charge on any atom is -0.480 e. The number of hydrogen-bond acceptors (Lipinski definition) is 4. The van der Waals surface area contributed by atoms with Gasteiger partial charge in [0.1, 0.15) is 6.04 Å². The van der Waals surface area contributed by atoms with Gasteiger partial charge in [0.25, 0.3) is 5.24 Å². The minimum absolute atomic E-state index is 0.126. The second kappa shape index (κ2) is 5.65. The van der Waals surface area contributed by atoms with Gasteiger partial charge in [0, 0.05) is 22.6 Å². The van der Waals surface area contributed by atoms with Crippen LogP contribution in [0.4, 0.5) is 4.79 Å². The molecule has 1 N–H and O–H groups in total. The Kier molecular flexibility index (Phi) is 4.79. The normalized spacial score (nSPS) is 21.0. The molecule has 0 aromatic carbocycles. The lowest BCUT2D eigenvalue weighted by Gasteiger charge is -2.20. The van der Waals surface area contributed by atoms with E-state index in [-0.39, 0.29) is 5.24 Å². The van der Waals surface area contributed by atoms with E-state index in [0.29, 0.717) is 18.2 Å². The molecule has 0 bridgehead atoms. The van der Waals surface area contributed by atoms with E-state index in [1.165, 1.54) is 15.7 Å². The predicted octanol–water partition coefficient (Wildman–Crippen LogP) is 2.45. The molecule has 1 heterocycles. The van der Waals surface area contributed by atoms with E-state index in [1.807, 2.05) is 13.8 Å². The molecular weight excluding hydrogens is 234 g/mol. The van der Waals surface area contributed by atoms with Crippen LogP contribution in [0.2, 0.25) is 0 Å². The van der Waals surface area contributed by atoms with E-state index in [4.69, 9.17) is 5.11 Å². The van der Waals surface area contributed by atoms with Crippen molar-refractivity contribution in [2.75, 3.05) is 6.54 Å². The molecule has 4 nitrogen and oxygen atoms in total. The van der Waals surface area contributed by atoms with Crippen molar-refractivity contribution >= 4 is 32.8 Å². The Morgan fingerprint density at radius 3 is 2.67 bits per heavy atom. The topological polar surface area (TPSA) is 57.6 Å². The van der Waals surface area contributed by atoms with Gasteiger partial charge in [0.2, 0.25) is 0 Å². The second-order valence-electron chi connectivity index (χ2n) is 3.68. The zero-order valence-corrected chi connectivity index (χ0v) is 10.4. The van der Waals surface area contributed by atoms with Gasteiger partial charge in [0.15, 0.2) is 0 Å². The van der Waals surface area contributed by atoms with E-state index in [1.54, 1.807) is 0 Å². The lowest BCUT2D eigenvalue weighted by molar-refractivity contribution is -0.141. The van der Waals surface area contributed by atoms with Crippen molar-refractivity contribution in [2.45, 2.75) is 38.0 Å². The fourth-order valence-electron chi connectivity index (χ4n) is 1.43. The summed E-state index contributed by atoms with van der Waals surface area (Å²) in [7, 11) is 2.62. The summed E-state index contributed by atoms with van der Waals surface area (Å²) < 4.78 is 0. The summed E-state index contributed by atoms with van der Waals surface area (Å²) in [4.78, 5) is 24.0. The number of likely N-dealkylation sites (tertiary alicyclic amines) is 1. The molecule has 86 valence electrons. The number of carbonyl (C=O) groups excluding carboxylic acids is 1. The van der Waals surface area contributed by atoms with E-state index in [0.717, 1.165) is 17.2 Å². The summed E-state index contributed by atoms with van der Waals surface area (Å²) in [6.07, 6.45) is 1.36. The largest absolute Gasteiger partial charge is 0.480 e. The second-order valence-corrected chi connectivity index (χ2v) is 6.41. The van der Waals surface area contributed by atoms with Crippen molar-refractivity contribution in [3.05, 3.63) is 0 Å². The lowest BCUT2D eigenvalue weighted by Crippen LogP contribution is -2.38. The Bertz CT molecular complexity index is 258. The monoisotopic (exact) mass is 249 g/mol. The number of carboxylic acid groups (broad SMARTS) is 1. The van der Waals surface area contributed by atoms with Crippen molar-refractivity contribution < 1.29 is 14.7 Å². The molecule has 0 aromatic rings. The Labute approximate surface area is 97.2 Å². The molecule has 1 fully saturated rings. The molecule has 0 spiro atoms. The van der Waals surface area contributed by atoms with Gasteiger partial charge in [-0.05, 0) is 12.8 Å². The van der Waals surface area contributed by atoms with E-state index < -0.39 is 12.0 Å². The molecule has 1 rings (SSSR count). The average Bonchev–Trinajstić information content (AvgIpc) is 2.62. The molecule has 1 saturated heterocycles. The molecule has 0 aromatic heterocycles. The lowest BCUT2D eigenvalue weighted by atomic mass is 10.2. The van der Waals surface area contributed by atoms with E-state index in [9.17, 15) is 9.59 Å². The highest BCUT2D eigenvalue weighted by atomic mass is 33.1. The molecule has 0 aliphatic carbocycles. The zero-order valence-electron chi connectivity index (χ0n) is 8.80. The predicted molar refractivity (Wildman–Crippen MR) is 63.1 cm³/mol. The fourth-order valence-corrected chi connectivity index (χ4v) is 3.13. The van der Waals surface area contributed by atoms with Gasteiger partial charge in [-0.1, -0.05) is 24.6 Å². The van der Waals surface area contributed by atoms with Crippen molar-refractivity contribution in [2.24, 2.45) is 0 Å². The molecule has 6 heteroatoms. The highest BCUT2D eigenvalue weighted by Crippen LogP contribution is 2.32. The molecule has 15 heavy (non-hydrogen) atoms. The summed E-state index contributed by atoms with van der Waals surface area (Å²) in [6, 6.07) is -0.613. The van der Waals surface area contributed by atoms with Crippen LogP contribution in [-0.4, -0.2) is 39.1 Å². The zero-order chi connectivity index (χ0) is 11.4. The van der Waals surface area contributed by atoms with Crippen molar-refractivity contribution in [1.29, 1.82) is 0 Å². The molecule has 1 amide bonds. The Morgan fingerprint density at radius 1 is 1.47 bits per heavy atom. The van der Waals surface area contributed by atoms with Crippen molar-refractivity contribution in [1.82, 2.24) is 4.90 Å². The Morgan fingerprint density at radius 2 is 2.13 bits per heavy atom. The maximum Gasteiger partial charge on any atom is 0.326 e. The summed E-state index contributed by atoms with van der Waals surface area (Å²) in [5, 5.41) is 9.14. The van der Waals surface area contributed by atoms with Crippen molar-refractivity contribution in [3.8, 4) is 0 Å². The van der Waals surface area contributed by atoms with Gasteiger partial charge in [-0.2, -0.15) is 0 Å². The standard InChI is InChI=1S/C9H15NO3S2/c1-6(2)14-15-9(13)10-5-3-4-7(10)8(11)12/h6-7H,3-5H2,1-2H3,(H,11,12). The van der Waals surface area contributed by atoms with E-state index >= 15 is 0 Å². The summed E-state index contributed by atoms with van der Waals surface area (Å²) in [6.45, 7) is 4.58. The van der Waals surface area contributed by atoms with Crippen LogP contribution in [0.3, 0.4) is 0 Å². The Balaban J connectivity index is 2.47. The molecule has 1 aliphatic rings. The number of carboxylic acids is 1. The third kappa shape index (κ3) is 3.61. The van der Waals surface area contributed by atoms with Crippen LogP contribution in [-0.2, 0) is 4.79 Å². The van der Waals surface area contributed by atoms with Gasteiger partial charge in [-0.15, -0.1) is 0 Å². The number of hydrogen-bond donors (Lipinski definition) is 1. The molecule has 0 saturated carbocycles. The van der Waals surface area contributed by atoms with Crippen LogP contribution in [0.1, 0.15) is 26.7 Å². The summed E-state index contributed by atoms with van der Waals surface area (Å²) >= 11 is 0. The fraction of sp³-hybridized carbons (Fsp3) is 0.778. The maximum absolute atomic E-state index is 11.7. The van der Waals surface area contributed by atoms with Gasteiger partial charge in [-0.3, -0.25) is 4.79 Å². The molecule has 1 unspecified atom stereocenters. The van der Waals surface area contributed by atoms with Crippen LogP contribution >= 0.6 is 21.6 Å². The first-order chi connectivity index (χ1) is 7.02. The van der Waals surface area contributed by atoms with E-state index in [2.05, 4.69) is 0 Å². The van der Waals surface area contributed by atoms with Crippen LogP contribution in [0.5, 0.6) is 0 Å². The summed E-state index contributed by atoms with van der Waals surface area (Å²) in [5.41, 5.74) is 0. The quantitative estimate of drug-likeness (QED) is 0.779. The van der Waals surface area contributed by atoms with Gasteiger partial charge >= 0.3 is 5.97 Å². The molecule has 1 aliphatic heterocycles. The van der Waals surface area contributed by atoms with Crippen LogP contribution in [0, 0.1) is 0 Å². The third-order valence-corrected chi connectivity index (χ3v) is 4.81. The first-order valence-electron chi connectivity index (χ1n) is 4.89. The third-order valence-electron chi connectivity index (χ3n) is 2.08. The molecule has 1 atom stereocenters. The smallest absolute Gasteiger partial charge is 0.326 e. The van der Waals surface area contributed by atoms with Crippen LogP contribution < -0.4 is 0 Å². The first-order valence-corrected chi connectivity index (χ1v) is 7.10. The number of aliphatic carboxylic acids is 1. The first kappa shape index (κ1) is 12.7. The Hall–Kier alpha value is -0.360. The van der Waals surface area contributed by atoms with Crippen LogP contribution in [0.15, 0.2) is 0 Å². The number of amides is 1. The number of rotatable bonds is 3. The minimum atomic E-state index is -0.893. The van der Waals surface area contributed by atoms with Gasteiger partial charge in [0.05, 0.1) is 0 Å². The molecular formula is C9H15NO3S2. The SMILES string of the molecule is CC(C)SSC(=O)N1CCCC1C(=O)O. The van der Waals surface area contributed by atoms with Crippen molar-refractivity contribution in [3.63, 3.8) is 0 Å². The highest BCUT2D eigenvalue weighted by Gasteiger charge is 2.34. The molecule has 0 radical (unpaired) electrons. The number of nitrogens with zero attached hydrogens (tertiary/aromatic N) is 1. The van der Waals surface area contributed by atoms with Gasteiger partial charge in [-0.25, -0.2) is 4.79 Å². The number of carbonyl (C=O) groups is 2.